The molecule has 0 aliphatic carbocycles. The lowest BCUT2D eigenvalue weighted by molar-refractivity contribution is -0.145. The molecule has 0 rings (SSSR count). The maximum atomic E-state index is 11.7. The third-order valence-electron chi connectivity index (χ3n) is 3.89. The number of aliphatic carboxylic acids is 1. The number of hydrogen-bond donors (Lipinski definition) is 3. The fourth-order valence-corrected chi connectivity index (χ4v) is 2.40. The average Bonchev–Trinajstić information content (AvgIpc) is 2.50. The Labute approximate surface area is 134 Å². The topological polar surface area (TPSA) is 86.6 Å². The molecule has 2 atom stereocenters. The molecule has 0 aromatic heterocycles. The first-order valence-electron chi connectivity index (χ1n) is 8.73. The number of aliphatic hydroxyl groups is 1. The summed E-state index contributed by atoms with van der Waals surface area (Å²) < 4.78 is 0. The van der Waals surface area contributed by atoms with Crippen LogP contribution in [0.15, 0.2) is 0 Å². The molecule has 0 radical (unpaired) electrons. The Hall–Kier alpha value is -1.10. The molecule has 0 bridgehead atoms. The number of carboxylic acids is 1. The summed E-state index contributed by atoms with van der Waals surface area (Å²) in [6.07, 6.45) is 10.1. The van der Waals surface area contributed by atoms with Crippen LogP contribution in [0.5, 0.6) is 0 Å². The molecule has 1 amide bonds. The van der Waals surface area contributed by atoms with Crippen LogP contribution in [0.3, 0.4) is 0 Å². The molecule has 3 N–H and O–H groups in total. The highest BCUT2D eigenvalue weighted by atomic mass is 16.4. The van der Waals surface area contributed by atoms with E-state index in [0.29, 0.717) is 12.8 Å². The van der Waals surface area contributed by atoms with Crippen LogP contribution in [0.2, 0.25) is 0 Å². The van der Waals surface area contributed by atoms with Gasteiger partial charge in [0.2, 0.25) is 5.91 Å². The number of aliphatic hydroxyl groups excluding tert-OH is 1. The van der Waals surface area contributed by atoms with Gasteiger partial charge in [0.1, 0.15) is 0 Å². The Balaban J connectivity index is 3.66. The van der Waals surface area contributed by atoms with Crippen molar-refractivity contribution < 1.29 is 19.8 Å². The van der Waals surface area contributed by atoms with E-state index in [9.17, 15) is 14.7 Å². The summed E-state index contributed by atoms with van der Waals surface area (Å²) in [4.78, 5) is 22.7. The molecule has 0 aliphatic heterocycles. The molecule has 0 aromatic carbocycles. The summed E-state index contributed by atoms with van der Waals surface area (Å²) in [5.74, 6) is -1.47. The second-order valence-electron chi connectivity index (χ2n) is 5.94. The van der Waals surface area contributed by atoms with Gasteiger partial charge in [-0.3, -0.25) is 4.79 Å². The molecule has 0 aliphatic rings. The Morgan fingerprint density at radius 1 is 0.909 bits per heavy atom. The van der Waals surface area contributed by atoms with Crippen molar-refractivity contribution in [2.75, 3.05) is 0 Å². The minimum Gasteiger partial charge on any atom is -0.480 e. The summed E-state index contributed by atoms with van der Waals surface area (Å²) >= 11 is 0. The minimum absolute atomic E-state index is 0.289. The number of nitrogens with one attached hydrogen (secondary N) is 1. The zero-order chi connectivity index (χ0) is 16.8. The fraction of sp³-hybridized carbons (Fsp3) is 0.882. The van der Waals surface area contributed by atoms with Crippen molar-refractivity contribution in [2.24, 2.45) is 0 Å². The summed E-state index contributed by atoms with van der Waals surface area (Å²) in [6.45, 7) is 3.90. The molecule has 5 nitrogen and oxygen atoms in total. The molecule has 0 spiro atoms. The summed E-state index contributed by atoms with van der Waals surface area (Å²) in [7, 11) is 0. The van der Waals surface area contributed by atoms with Gasteiger partial charge in [-0.2, -0.15) is 0 Å². The average molecular weight is 315 g/mol. The Morgan fingerprint density at radius 3 is 1.86 bits per heavy atom. The lowest BCUT2D eigenvalue weighted by Crippen LogP contribution is -2.48. The van der Waals surface area contributed by atoms with Crippen molar-refractivity contribution in [1.82, 2.24) is 5.32 Å². The van der Waals surface area contributed by atoms with Gasteiger partial charge in [-0.25, -0.2) is 4.79 Å². The fourth-order valence-electron chi connectivity index (χ4n) is 2.40. The molecule has 0 heterocycles. The van der Waals surface area contributed by atoms with Crippen molar-refractivity contribution >= 4 is 11.9 Å². The van der Waals surface area contributed by atoms with Crippen LogP contribution < -0.4 is 5.32 Å². The van der Waals surface area contributed by atoms with Crippen molar-refractivity contribution in [3.8, 4) is 0 Å². The van der Waals surface area contributed by atoms with E-state index in [1.54, 1.807) is 6.92 Å². The van der Waals surface area contributed by atoms with Gasteiger partial charge in [0.05, 0.1) is 6.10 Å². The first-order valence-corrected chi connectivity index (χ1v) is 8.73. The molecule has 0 fully saturated rings. The van der Waals surface area contributed by atoms with E-state index in [4.69, 9.17) is 5.11 Å². The van der Waals surface area contributed by atoms with E-state index >= 15 is 0 Å². The lowest BCUT2D eigenvalue weighted by atomic mass is 10.1. The molecule has 0 aromatic rings. The van der Waals surface area contributed by atoms with E-state index in [0.717, 1.165) is 19.3 Å². The number of carbonyl (C=O) groups is 2. The van der Waals surface area contributed by atoms with Crippen molar-refractivity contribution in [2.45, 2.75) is 96.6 Å². The van der Waals surface area contributed by atoms with Crippen LogP contribution in [0.1, 0.15) is 84.5 Å². The standard InChI is InChI=1S/C17H33NO4/c1-3-5-6-7-8-9-10-11-12-13-15(20)18-16(17(21)22)14(19)4-2/h14,16,19H,3-13H2,1-2H3,(H,18,20)(H,21,22). The highest BCUT2D eigenvalue weighted by molar-refractivity contribution is 5.83. The highest BCUT2D eigenvalue weighted by Gasteiger charge is 2.26. The predicted molar refractivity (Wildman–Crippen MR) is 87.7 cm³/mol. The summed E-state index contributed by atoms with van der Waals surface area (Å²) in [5, 5.41) is 21.0. The predicted octanol–water partition coefficient (Wildman–Crippen LogP) is 3.25. The smallest absolute Gasteiger partial charge is 0.328 e. The summed E-state index contributed by atoms with van der Waals surface area (Å²) in [6, 6.07) is -1.20. The van der Waals surface area contributed by atoms with Gasteiger partial charge in [0, 0.05) is 6.42 Å². The third-order valence-corrected chi connectivity index (χ3v) is 3.89. The van der Waals surface area contributed by atoms with Crippen molar-refractivity contribution in [1.29, 1.82) is 0 Å². The van der Waals surface area contributed by atoms with E-state index in [-0.39, 0.29) is 5.91 Å². The van der Waals surface area contributed by atoms with E-state index < -0.39 is 18.1 Å². The van der Waals surface area contributed by atoms with E-state index in [2.05, 4.69) is 12.2 Å². The normalized spacial score (nSPS) is 13.6. The second kappa shape index (κ2) is 13.6. The van der Waals surface area contributed by atoms with Gasteiger partial charge < -0.3 is 15.5 Å². The van der Waals surface area contributed by atoms with Gasteiger partial charge in [-0.1, -0.05) is 65.2 Å². The van der Waals surface area contributed by atoms with E-state index in [1.165, 1.54) is 38.5 Å². The first kappa shape index (κ1) is 20.9. The molecule has 0 saturated carbocycles. The zero-order valence-electron chi connectivity index (χ0n) is 14.1. The van der Waals surface area contributed by atoms with Gasteiger partial charge in [-0.15, -0.1) is 0 Å². The van der Waals surface area contributed by atoms with Crippen LogP contribution in [0.25, 0.3) is 0 Å². The second-order valence-corrected chi connectivity index (χ2v) is 5.94. The quantitative estimate of drug-likeness (QED) is 0.429. The molecule has 2 unspecified atom stereocenters. The molecule has 130 valence electrons. The van der Waals surface area contributed by atoms with Crippen LogP contribution >= 0.6 is 0 Å². The van der Waals surface area contributed by atoms with E-state index in [1.807, 2.05) is 0 Å². The number of amides is 1. The van der Waals surface area contributed by atoms with Gasteiger partial charge in [-0.05, 0) is 12.8 Å². The number of unbranched alkanes of at least 4 members (excludes halogenated alkanes) is 8. The third kappa shape index (κ3) is 10.6. The zero-order valence-corrected chi connectivity index (χ0v) is 14.1. The highest BCUT2D eigenvalue weighted by Crippen LogP contribution is 2.10. The lowest BCUT2D eigenvalue weighted by Gasteiger charge is -2.19. The van der Waals surface area contributed by atoms with Crippen LogP contribution in [-0.2, 0) is 9.59 Å². The Kier molecular flexibility index (Phi) is 12.9. The molecular formula is C17H33NO4. The van der Waals surface area contributed by atoms with Crippen LogP contribution in [-0.4, -0.2) is 34.2 Å². The minimum atomic E-state index is -1.20. The first-order chi connectivity index (χ1) is 10.5. The van der Waals surface area contributed by atoms with Gasteiger partial charge in [0.25, 0.3) is 0 Å². The number of carbonyl (C=O) groups excluding carboxylic acids is 1. The summed E-state index contributed by atoms with van der Waals surface area (Å²) in [5.41, 5.74) is 0. The van der Waals surface area contributed by atoms with Crippen molar-refractivity contribution in [3.63, 3.8) is 0 Å². The molecule has 0 saturated heterocycles. The maximum Gasteiger partial charge on any atom is 0.328 e. The van der Waals surface area contributed by atoms with Crippen molar-refractivity contribution in [3.05, 3.63) is 0 Å². The van der Waals surface area contributed by atoms with Gasteiger partial charge in [0.15, 0.2) is 6.04 Å². The molecule has 5 heteroatoms. The SMILES string of the molecule is CCCCCCCCCCCC(=O)NC(C(=O)O)C(O)CC. The van der Waals surface area contributed by atoms with Gasteiger partial charge >= 0.3 is 5.97 Å². The largest absolute Gasteiger partial charge is 0.480 e. The Bertz CT molecular complexity index is 307. The Morgan fingerprint density at radius 2 is 1.41 bits per heavy atom. The van der Waals surface area contributed by atoms with Crippen LogP contribution in [0.4, 0.5) is 0 Å². The molecular weight excluding hydrogens is 282 g/mol. The maximum absolute atomic E-state index is 11.7. The monoisotopic (exact) mass is 315 g/mol. The number of carboxylic acid groups (broad SMARTS) is 1. The molecule has 22 heavy (non-hydrogen) atoms. The number of rotatable bonds is 14. The van der Waals surface area contributed by atoms with Crippen LogP contribution in [0, 0.1) is 0 Å². The number of hydrogen-bond acceptors (Lipinski definition) is 3.